The molecule has 110 valence electrons. The highest BCUT2D eigenvalue weighted by molar-refractivity contribution is 5.83. The summed E-state index contributed by atoms with van der Waals surface area (Å²) in [7, 11) is 1.52. The molecule has 0 bridgehead atoms. The number of carbonyl (C=O) groups excluding carboxylic acids is 2. The van der Waals surface area contributed by atoms with E-state index in [4.69, 9.17) is 9.47 Å². The molecule has 1 fully saturated rings. The van der Waals surface area contributed by atoms with Crippen LogP contribution in [-0.4, -0.2) is 49.4 Å². The molecule has 0 radical (unpaired) electrons. The number of carbonyl (C=O) groups is 2. The van der Waals surface area contributed by atoms with Gasteiger partial charge in [0, 0.05) is 20.2 Å². The smallest absolute Gasteiger partial charge is 0.410 e. The molecule has 0 aliphatic carbocycles. The van der Waals surface area contributed by atoms with Crippen molar-refractivity contribution in [1.82, 2.24) is 10.2 Å². The number of methoxy groups -OCH3 is 1. The molecule has 0 aromatic carbocycles. The third-order valence-electron chi connectivity index (χ3n) is 3.05. The van der Waals surface area contributed by atoms with Gasteiger partial charge in [-0.3, -0.25) is 4.79 Å². The first-order valence-corrected chi connectivity index (χ1v) is 6.43. The maximum atomic E-state index is 12.0. The Kier molecular flexibility index (Phi) is 4.79. The minimum absolute atomic E-state index is 0.0968. The van der Waals surface area contributed by atoms with Crippen molar-refractivity contribution in [3.05, 3.63) is 0 Å². The summed E-state index contributed by atoms with van der Waals surface area (Å²) in [4.78, 5) is 25.5. The molecule has 1 N–H and O–H groups in total. The van der Waals surface area contributed by atoms with Gasteiger partial charge in [-0.1, -0.05) is 0 Å². The predicted octanol–water partition coefficient (Wildman–Crippen LogP) is 1.35. The average Bonchev–Trinajstić information content (AvgIpc) is 2.68. The highest BCUT2D eigenvalue weighted by Gasteiger charge is 2.42. The predicted molar refractivity (Wildman–Crippen MR) is 70.5 cm³/mol. The molecular formula is C13H24N2O4. The molecule has 1 aliphatic rings. The lowest BCUT2D eigenvalue weighted by molar-refractivity contribution is -0.131. The van der Waals surface area contributed by atoms with Crippen LogP contribution >= 0.6 is 0 Å². The van der Waals surface area contributed by atoms with Crippen LogP contribution in [0.5, 0.6) is 0 Å². The number of nitrogens with one attached hydrogen (secondary N) is 1. The maximum absolute atomic E-state index is 12.0. The fraction of sp³-hybridized carbons (Fsp3) is 0.846. The molecule has 0 aromatic heterocycles. The van der Waals surface area contributed by atoms with Gasteiger partial charge in [-0.25, -0.2) is 4.79 Å². The Hall–Kier alpha value is -1.30. The number of hydrogen-bond donors (Lipinski definition) is 1. The third-order valence-corrected chi connectivity index (χ3v) is 3.05. The monoisotopic (exact) mass is 272 g/mol. The number of likely N-dealkylation sites (tertiary alicyclic amines) is 1. The molecule has 6 heteroatoms. The van der Waals surface area contributed by atoms with Crippen molar-refractivity contribution in [3.63, 3.8) is 0 Å². The fourth-order valence-corrected chi connectivity index (χ4v) is 1.98. The van der Waals surface area contributed by atoms with Gasteiger partial charge in [0.25, 0.3) is 0 Å². The van der Waals surface area contributed by atoms with E-state index in [-0.39, 0.29) is 18.7 Å². The molecule has 0 saturated carbocycles. The van der Waals surface area contributed by atoms with Crippen molar-refractivity contribution in [2.75, 3.05) is 26.9 Å². The first kappa shape index (κ1) is 15.8. The van der Waals surface area contributed by atoms with E-state index in [9.17, 15) is 9.59 Å². The normalized spacial score (nSPS) is 23.3. The van der Waals surface area contributed by atoms with Gasteiger partial charge in [0.15, 0.2) is 0 Å². The zero-order chi connectivity index (χ0) is 14.7. The summed E-state index contributed by atoms with van der Waals surface area (Å²) in [6.45, 7) is 8.41. The third kappa shape index (κ3) is 4.38. The van der Waals surface area contributed by atoms with Gasteiger partial charge in [0.1, 0.15) is 12.3 Å². The molecule has 1 aliphatic heterocycles. The maximum Gasteiger partial charge on any atom is 0.410 e. The summed E-state index contributed by atoms with van der Waals surface area (Å²) in [5, 5.41) is 2.68. The van der Waals surface area contributed by atoms with Crippen molar-refractivity contribution < 1.29 is 19.1 Å². The summed E-state index contributed by atoms with van der Waals surface area (Å²) >= 11 is 0. The quantitative estimate of drug-likeness (QED) is 0.788. The van der Waals surface area contributed by atoms with Crippen molar-refractivity contribution in [2.45, 2.75) is 39.7 Å². The second kappa shape index (κ2) is 5.77. The summed E-state index contributed by atoms with van der Waals surface area (Å²) in [5.41, 5.74) is -1.09. The van der Waals surface area contributed by atoms with E-state index in [1.165, 1.54) is 7.11 Å². The van der Waals surface area contributed by atoms with E-state index in [0.717, 1.165) is 0 Å². The number of ether oxygens (including phenoxy) is 2. The molecule has 0 aromatic rings. The Balaban J connectivity index is 2.57. The van der Waals surface area contributed by atoms with Crippen LogP contribution < -0.4 is 5.32 Å². The second-order valence-electron chi connectivity index (χ2n) is 6.15. The highest BCUT2D eigenvalue weighted by atomic mass is 16.6. The van der Waals surface area contributed by atoms with Gasteiger partial charge >= 0.3 is 6.09 Å². The number of amides is 2. The van der Waals surface area contributed by atoms with Gasteiger partial charge in [-0.2, -0.15) is 0 Å². The standard InChI is InChI=1S/C13H24N2O4/c1-12(2,3)19-11(17)15-7-6-13(4,8-15)10(16)14-9-18-5/h6-9H2,1-5H3,(H,14,16). The molecule has 1 saturated heterocycles. The van der Waals surface area contributed by atoms with Crippen molar-refractivity contribution >= 4 is 12.0 Å². The first-order valence-electron chi connectivity index (χ1n) is 6.43. The Morgan fingerprint density at radius 3 is 2.53 bits per heavy atom. The van der Waals surface area contributed by atoms with Crippen LogP contribution in [0.2, 0.25) is 0 Å². The van der Waals surface area contributed by atoms with Crippen LogP contribution in [0, 0.1) is 5.41 Å². The van der Waals surface area contributed by atoms with E-state index in [1.54, 1.807) is 4.90 Å². The van der Waals surface area contributed by atoms with Crippen LogP contribution in [0.1, 0.15) is 34.1 Å². The van der Waals surface area contributed by atoms with Gasteiger partial charge in [0.05, 0.1) is 5.41 Å². The Labute approximate surface area is 114 Å². The second-order valence-corrected chi connectivity index (χ2v) is 6.15. The largest absolute Gasteiger partial charge is 0.444 e. The fourth-order valence-electron chi connectivity index (χ4n) is 1.98. The van der Waals surface area contributed by atoms with E-state index in [1.807, 2.05) is 27.7 Å². The van der Waals surface area contributed by atoms with Gasteiger partial charge in [0.2, 0.25) is 5.91 Å². The van der Waals surface area contributed by atoms with Gasteiger partial charge < -0.3 is 19.7 Å². The number of nitrogens with zero attached hydrogens (tertiary/aromatic N) is 1. The topological polar surface area (TPSA) is 67.9 Å². The van der Waals surface area contributed by atoms with Gasteiger partial charge in [-0.05, 0) is 34.1 Å². The molecule has 1 atom stereocenters. The summed E-state index contributed by atoms with van der Waals surface area (Å²) in [6, 6.07) is 0. The molecule has 2 amide bonds. The van der Waals surface area contributed by atoms with Crippen molar-refractivity contribution in [2.24, 2.45) is 5.41 Å². The van der Waals surface area contributed by atoms with Crippen molar-refractivity contribution in [1.29, 1.82) is 0 Å². The Bertz CT molecular complexity index is 351. The lowest BCUT2D eigenvalue weighted by Crippen LogP contribution is -2.43. The Morgan fingerprint density at radius 1 is 1.37 bits per heavy atom. The number of rotatable bonds is 3. The van der Waals surface area contributed by atoms with Crippen LogP contribution in [-0.2, 0) is 14.3 Å². The molecule has 6 nitrogen and oxygen atoms in total. The zero-order valence-electron chi connectivity index (χ0n) is 12.4. The molecule has 0 spiro atoms. The van der Waals surface area contributed by atoms with E-state index in [2.05, 4.69) is 5.32 Å². The molecular weight excluding hydrogens is 248 g/mol. The van der Waals surface area contributed by atoms with E-state index >= 15 is 0 Å². The molecule has 1 rings (SSSR count). The van der Waals surface area contributed by atoms with Crippen LogP contribution in [0.3, 0.4) is 0 Å². The average molecular weight is 272 g/mol. The van der Waals surface area contributed by atoms with Gasteiger partial charge in [-0.15, -0.1) is 0 Å². The minimum Gasteiger partial charge on any atom is -0.444 e. The zero-order valence-corrected chi connectivity index (χ0v) is 12.4. The van der Waals surface area contributed by atoms with Crippen LogP contribution in [0.25, 0.3) is 0 Å². The number of hydrogen-bond acceptors (Lipinski definition) is 4. The molecule has 1 heterocycles. The Morgan fingerprint density at radius 2 is 2.00 bits per heavy atom. The highest BCUT2D eigenvalue weighted by Crippen LogP contribution is 2.31. The SMILES string of the molecule is COCNC(=O)C1(C)CCN(C(=O)OC(C)(C)C)C1. The van der Waals surface area contributed by atoms with Crippen LogP contribution in [0.4, 0.5) is 4.79 Å². The van der Waals surface area contributed by atoms with E-state index in [0.29, 0.717) is 19.5 Å². The van der Waals surface area contributed by atoms with E-state index < -0.39 is 11.0 Å². The minimum atomic E-state index is -0.574. The lowest BCUT2D eigenvalue weighted by Gasteiger charge is -2.26. The molecule has 1 unspecified atom stereocenters. The lowest BCUT2D eigenvalue weighted by atomic mass is 9.89. The summed E-state index contributed by atoms with van der Waals surface area (Å²) in [5.74, 6) is -0.0968. The van der Waals surface area contributed by atoms with Crippen LogP contribution in [0.15, 0.2) is 0 Å². The summed E-state index contributed by atoms with van der Waals surface area (Å²) in [6.07, 6.45) is 0.262. The first-order chi connectivity index (χ1) is 8.68. The summed E-state index contributed by atoms with van der Waals surface area (Å²) < 4.78 is 10.1. The van der Waals surface area contributed by atoms with Crippen molar-refractivity contribution in [3.8, 4) is 0 Å². The molecule has 19 heavy (non-hydrogen) atoms.